The Balaban J connectivity index is 1.94. The standard InChI is InChI=1S/C12H24N2O/c1-15-12-7-3-2-6-11(12)14-8-4-5-10(13)9-14/h10-12H,2-9,13H2,1H3. The summed E-state index contributed by atoms with van der Waals surface area (Å²) in [6.07, 6.45) is 8.11. The molecule has 15 heavy (non-hydrogen) atoms. The Morgan fingerprint density at radius 3 is 2.67 bits per heavy atom. The van der Waals surface area contributed by atoms with E-state index < -0.39 is 0 Å². The zero-order valence-electron chi connectivity index (χ0n) is 9.82. The Labute approximate surface area is 93.0 Å². The maximum atomic E-state index is 6.04. The number of piperidine rings is 1. The maximum absolute atomic E-state index is 6.04. The van der Waals surface area contributed by atoms with Gasteiger partial charge in [0.05, 0.1) is 6.10 Å². The number of likely N-dealkylation sites (tertiary alicyclic amines) is 1. The summed E-state index contributed by atoms with van der Waals surface area (Å²) in [6, 6.07) is 1.02. The van der Waals surface area contributed by atoms with Crippen LogP contribution in [0.15, 0.2) is 0 Å². The summed E-state index contributed by atoms with van der Waals surface area (Å²) in [5.74, 6) is 0. The first-order chi connectivity index (χ1) is 7.31. The smallest absolute Gasteiger partial charge is 0.0726 e. The van der Waals surface area contributed by atoms with Crippen molar-refractivity contribution in [3.05, 3.63) is 0 Å². The minimum absolute atomic E-state index is 0.387. The van der Waals surface area contributed by atoms with E-state index in [0.717, 1.165) is 6.54 Å². The number of ether oxygens (including phenoxy) is 1. The molecule has 3 atom stereocenters. The first kappa shape index (κ1) is 11.4. The molecule has 1 aliphatic heterocycles. The van der Waals surface area contributed by atoms with Crippen molar-refractivity contribution >= 4 is 0 Å². The minimum Gasteiger partial charge on any atom is -0.380 e. The topological polar surface area (TPSA) is 38.5 Å². The van der Waals surface area contributed by atoms with Crippen molar-refractivity contribution in [3.63, 3.8) is 0 Å². The minimum atomic E-state index is 0.387. The Morgan fingerprint density at radius 1 is 1.13 bits per heavy atom. The van der Waals surface area contributed by atoms with Gasteiger partial charge >= 0.3 is 0 Å². The molecule has 3 nitrogen and oxygen atoms in total. The van der Waals surface area contributed by atoms with Gasteiger partial charge in [-0.1, -0.05) is 12.8 Å². The van der Waals surface area contributed by atoms with Gasteiger partial charge in [-0.25, -0.2) is 0 Å². The second-order valence-electron chi connectivity index (χ2n) is 5.02. The lowest BCUT2D eigenvalue weighted by molar-refractivity contribution is -0.0195. The molecule has 3 heteroatoms. The third kappa shape index (κ3) is 2.71. The predicted molar refractivity (Wildman–Crippen MR) is 61.8 cm³/mol. The van der Waals surface area contributed by atoms with Gasteiger partial charge in [0.2, 0.25) is 0 Å². The number of rotatable bonds is 2. The highest BCUT2D eigenvalue weighted by molar-refractivity contribution is 4.88. The molecule has 2 rings (SSSR count). The molecule has 1 heterocycles. The van der Waals surface area contributed by atoms with Crippen LogP contribution in [-0.4, -0.2) is 43.3 Å². The number of methoxy groups -OCH3 is 1. The zero-order valence-corrected chi connectivity index (χ0v) is 9.82. The Bertz CT molecular complexity index is 198. The van der Waals surface area contributed by atoms with Crippen LogP contribution in [0.2, 0.25) is 0 Å². The third-order valence-corrected chi connectivity index (χ3v) is 3.93. The van der Waals surface area contributed by atoms with E-state index in [1.807, 2.05) is 7.11 Å². The summed E-state index contributed by atoms with van der Waals surface area (Å²) in [5.41, 5.74) is 6.04. The summed E-state index contributed by atoms with van der Waals surface area (Å²) in [6.45, 7) is 2.29. The summed E-state index contributed by atoms with van der Waals surface area (Å²) in [5, 5.41) is 0. The molecule has 88 valence electrons. The Hall–Kier alpha value is -0.120. The van der Waals surface area contributed by atoms with Crippen LogP contribution in [0, 0.1) is 0 Å². The van der Waals surface area contributed by atoms with Gasteiger partial charge in [-0.15, -0.1) is 0 Å². The molecule has 0 aromatic heterocycles. The van der Waals surface area contributed by atoms with E-state index in [-0.39, 0.29) is 0 Å². The largest absolute Gasteiger partial charge is 0.380 e. The number of nitrogens with two attached hydrogens (primary N) is 1. The summed E-state index contributed by atoms with van der Waals surface area (Å²) in [4.78, 5) is 2.57. The van der Waals surface area contributed by atoms with E-state index >= 15 is 0 Å². The lowest BCUT2D eigenvalue weighted by atomic mass is 9.89. The summed E-state index contributed by atoms with van der Waals surface area (Å²) in [7, 11) is 1.85. The number of nitrogens with zero attached hydrogens (tertiary/aromatic N) is 1. The number of hydrogen-bond acceptors (Lipinski definition) is 3. The Morgan fingerprint density at radius 2 is 1.93 bits per heavy atom. The van der Waals surface area contributed by atoms with Crippen LogP contribution >= 0.6 is 0 Å². The second-order valence-corrected chi connectivity index (χ2v) is 5.02. The van der Waals surface area contributed by atoms with E-state index in [0.29, 0.717) is 18.2 Å². The molecule has 1 saturated carbocycles. The first-order valence-electron chi connectivity index (χ1n) is 6.33. The molecular weight excluding hydrogens is 188 g/mol. The van der Waals surface area contributed by atoms with Crippen molar-refractivity contribution in [3.8, 4) is 0 Å². The van der Waals surface area contributed by atoms with Gasteiger partial charge in [0.15, 0.2) is 0 Å². The third-order valence-electron chi connectivity index (χ3n) is 3.93. The molecule has 0 bridgehead atoms. The molecule has 0 aromatic carbocycles. The van der Waals surface area contributed by atoms with E-state index in [9.17, 15) is 0 Å². The molecule has 2 N–H and O–H groups in total. The van der Waals surface area contributed by atoms with Gasteiger partial charge < -0.3 is 10.5 Å². The van der Waals surface area contributed by atoms with Crippen LogP contribution in [0.3, 0.4) is 0 Å². The van der Waals surface area contributed by atoms with Crippen LogP contribution in [0.25, 0.3) is 0 Å². The van der Waals surface area contributed by atoms with Crippen LogP contribution in [0.1, 0.15) is 38.5 Å². The van der Waals surface area contributed by atoms with Crippen molar-refractivity contribution in [1.82, 2.24) is 4.90 Å². The lowest BCUT2D eigenvalue weighted by Crippen LogP contribution is -2.53. The van der Waals surface area contributed by atoms with E-state index in [1.165, 1.54) is 45.1 Å². The molecule has 2 fully saturated rings. The molecule has 0 spiro atoms. The van der Waals surface area contributed by atoms with Crippen molar-refractivity contribution in [2.75, 3.05) is 20.2 Å². The van der Waals surface area contributed by atoms with Crippen molar-refractivity contribution in [1.29, 1.82) is 0 Å². The highest BCUT2D eigenvalue weighted by Crippen LogP contribution is 2.27. The van der Waals surface area contributed by atoms with Crippen molar-refractivity contribution in [2.24, 2.45) is 5.73 Å². The SMILES string of the molecule is COC1CCCCC1N1CCCC(N)C1. The van der Waals surface area contributed by atoms with Gasteiger partial charge in [-0.2, -0.15) is 0 Å². The fourth-order valence-electron chi connectivity index (χ4n) is 3.11. The van der Waals surface area contributed by atoms with Gasteiger partial charge in [0, 0.05) is 25.7 Å². The average Bonchev–Trinajstić information content (AvgIpc) is 2.29. The number of hydrogen-bond donors (Lipinski definition) is 1. The monoisotopic (exact) mass is 212 g/mol. The normalized spacial score (nSPS) is 39.2. The van der Waals surface area contributed by atoms with Gasteiger partial charge in [0.1, 0.15) is 0 Å². The fourth-order valence-corrected chi connectivity index (χ4v) is 3.11. The highest BCUT2D eigenvalue weighted by atomic mass is 16.5. The summed E-state index contributed by atoms with van der Waals surface area (Å²) < 4.78 is 5.61. The van der Waals surface area contributed by atoms with E-state index in [2.05, 4.69) is 4.90 Å². The van der Waals surface area contributed by atoms with Crippen molar-refractivity contribution < 1.29 is 4.74 Å². The molecule has 1 aliphatic carbocycles. The molecule has 3 unspecified atom stereocenters. The molecule has 0 radical (unpaired) electrons. The van der Waals surface area contributed by atoms with Crippen LogP contribution in [0.5, 0.6) is 0 Å². The van der Waals surface area contributed by atoms with Gasteiger partial charge in [-0.3, -0.25) is 4.90 Å². The maximum Gasteiger partial charge on any atom is 0.0726 e. The van der Waals surface area contributed by atoms with Crippen LogP contribution < -0.4 is 5.73 Å². The lowest BCUT2D eigenvalue weighted by Gasteiger charge is -2.42. The first-order valence-corrected chi connectivity index (χ1v) is 6.33. The zero-order chi connectivity index (χ0) is 10.7. The molecule has 2 aliphatic rings. The van der Waals surface area contributed by atoms with Crippen LogP contribution in [-0.2, 0) is 4.74 Å². The van der Waals surface area contributed by atoms with Gasteiger partial charge in [-0.05, 0) is 32.2 Å². The van der Waals surface area contributed by atoms with E-state index in [4.69, 9.17) is 10.5 Å². The molecular formula is C12H24N2O. The molecule has 1 saturated heterocycles. The Kier molecular flexibility index (Phi) is 4.00. The highest BCUT2D eigenvalue weighted by Gasteiger charge is 2.32. The van der Waals surface area contributed by atoms with Crippen molar-refractivity contribution in [2.45, 2.75) is 56.7 Å². The summed E-state index contributed by atoms with van der Waals surface area (Å²) >= 11 is 0. The average molecular weight is 212 g/mol. The molecule has 0 amide bonds. The van der Waals surface area contributed by atoms with E-state index in [1.54, 1.807) is 0 Å². The second kappa shape index (κ2) is 5.28. The predicted octanol–water partition coefficient (Wildman–Crippen LogP) is 1.37. The molecule has 0 aromatic rings. The van der Waals surface area contributed by atoms with Gasteiger partial charge in [0.25, 0.3) is 0 Å². The van der Waals surface area contributed by atoms with Crippen LogP contribution in [0.4, 0.5) is 0 Å². The fraction of sp³-hybridized carbons (Fsp3) is 1.00. The quantitative estimate of drug-likeness (QED) is 0.751.